The van der Waals surface area contributed by atoms with Gasteiger partial charge in [-0.2, -0.15) is 5.10 Å². The maximum Gasteiger partial charge on any atom is 0.224 e. The molecule has 6 rings (SSSR count). The number of halogens is 1. The maximum atomic E-state index is 15.6. The van der Waals surface area contributed by atoms with Crippen molar-refractivity contribution in [2.24, 2.45) is 0 Å². The number of fused-ring (bicyclic) bond motifs is 2. The summed E-state index contributed by atoms with van der Waals surface area (Å²) < 4.78 is 23.1. The largest absolute Gasteiger partial charge is 0.457 e. The number of pyridine rings is 1. The second-order valence-electron chi connectivity index (χ2n) is 10.7. The predicted molar refractivity (Wildman–Crippen MR) is 160 cm³/mol. The lowest BCUT2D eigenvalue weighted by Gasteiger charge is -2.32. The molecule has 43 heavy (non-hydrogen) atoms. The molecule has 4 aromatic heterocycles. The van der Waals surface area contributed by atoms with Gasteiger partial charge in [0.05, 0.1) is 11.9 Å². The molecule has 1 atom stereocenters. The Morgan fingerprint density at radius 2 is 2.02 bits per heavy atom. The molecule has 1 amide bonds. The second kappa shape index (κ2) is 11.7. The fourth-order valence-corrected chi connectivity index (χ4v) is 5.00. The van der Waals surface area contributed by atoms with Gasteiger partial charge in [-0.25, -0.2) is 33.8 Å². The molecule has 0 radical (unpaired) electrons. The van der Waals surface area contributed by atoms with Crippen molar-refractivity contribution in [3.05, 3.63) is 72.6 Å². The van der Waals surface area contributed by atoms with Gasteiger partial charge in [-0.15, -0.1) is 0 Å². The third kappa shape index (κ3) is 5.84. The minimum absolute atomic E-state index is 0.0848. The van der Waals surface area contributed by atoms with Crippen LogP contribution in [0.3, 0.4) is 0 Å². The summed E-state index contributed by atoms with van der Waals surface area (Å²) >= 11 is 0. The van der Waals surface area contributed by atoms with E-state index in [1.807, 2.05) is 36.9 Å². The molecule has 0 bridgehead atoms. The van der Waals surface area contributed by atoms with Crippen molar-refractivity contribution in [2.75, 3.05) is 32.5 Å². The highest BCUT2D eigenvalue weighted by Crippen LogP contribution is 2.33. The lowest BCUT2D eigenvalue weighted by atomic mass is 10.0. The fourth-order valence-electron chi connectivity index (χ4n) is 5.00. The molecule has 0 fully saturated rings. The van der Waals surface area contributed by atoms with Crippen LogP contribution in [0.25, 0.3) is 22.3 Å². The SMILES string of the molecule is Cc1c(Oc2ccn3ncnc3c2)ccc(Nc2ncnc3cnc(C4=C[C@H](C)N(C(=O)CCN(C)C)CC4)nc23)c1F. The van der Waals surface area contributed by atoms with Gasteiger partial charge in [0.2, 0.25) is 5.91 Å². The van der Waals surface area contributed by atoms with E-state index in [9.17, 15) is 4.79 Å². The normalized spacial score (nSPS) is 15.3. The van der Waals surface area contributed by atoms with Crippen LogP contribution in [0.2, 0.25) is 0 Å². The van der Waals surface area contributed by atoms with Gasteiger partial charge in [-0.05, 0) is 58.1 Å². The summed E-state index contributed by atoms with van der Waals surface area (Å²) in [5.74, 6) is 1.41. The highest BCUT2D eigenvalue weighted by Gasteiger charge is 2.25. The predicted octanol–water partition coefficient (Wildman–Crippen LogP) is 4.40. The van der Waals surface area contributed by atoms with Crippen LogP contribution in [0.5, 0.6) is 11.5 Å². The molecule has 0 saturated heterocycles. The third-order valence-corrected chi connectivity index (χ3v) is 7.38. The Bertz CT molecular complexity index is 1850. The van der Waals surface area contributed by atoms with Gasteiger partial charge in [0.15, 0.2) is 23.1 Å². The van der Waals surface area contributed by atoms with Crippen LogP contribution in [0.15, 0.2) is 55.4 Å². The summed E-state index contributed by atoms with van der Waals surface area (Å²) in [5.41, 5.74) is 3.09. The Hall–Kier alpha value is -5.04. The van der Waals surface area contributed by atoms with Crippen LogP contribution in [0.1, 0.15) is 31.2 Å². The molecule has 220 valence electrons. The third-order valence-electron chi connectivity index (χ3n) is 7.38. The number of rotatable bonds is 8. The smallest absolute Gasteiger partial charge is 0.224 e. The Balaban J connectivity index is 1.23. The van der Waals surface area contributed by atoms with Crippen LogP contribution < -0.4 is 10.1 Å². The number of carbonyl (C=O) groups excluding carboxylic acids is 1. The number of hydrogen-bond donors (Lipinski definition) is 1. The number of ether oxygens (including phenoxy) is 1. The Labute approximate surface area is 247 Å². The number of anilines is 2. The molecule has 5 aromatic rings. The Morgan fingerprint density at radius 1 is 1.16 bits per heavy atom. The van der Waals surface area contributed by atoms with Crippen LogP contribution in [0, 0.1) is 12.7 Å². The van der Waals surface area contributed by atoms with Crippen molar-refractivity contribution >= 4 is 39.7 Å². The first kappa shape index (κ1) is 28.1. The maximum absolute atomic E-state index is 15.6. The monoisotopic (exact) mass is 582 g/mol. The molecule has 0 saturated carbocycles. The van der Waals surface area contributed by atoms with Crippen molar-refractivity contribution in [2.45, 2.75) is 32.7 Å². The second-order valence-corrected chi connectivity index (χ2v) is 10.7. The van der Waals surface area contributed by atoms with E-state index >= 15 is 4.39 Å². The van der Waals surface area contributed by atoms with Crippen LogP contribution in [0.4, 0.5) is 15.9 Å². The number of benzene rings is 1. The topological polar surface area (TPSA) is 127 Å². The number of amides is 1. The molecular weight excluding hydrogens is 551 g/mol. The summed E-state index contributed by atoms with van der Waals surface area (Å²) in [6, 6.07) is 6.66. The molecule has 12 nitrogen and oxygen atoms in total. The molecule has 0 aliphatic carbocycles. The van der Waals surface area contributed by atoms with E-state index in [1.165, 1.54) is 12.7 Å². The zero-order valence-corrected chi connectivity index (χ0v) is 24.3. The molecule has 1 aliphatic rings. The zero-order valence-electron chi connectivity index (χ0n) is 24.3. The lowest BCUT2D eigenvalue weighted by Crippen LogP contribution is -2.41. The van der Waals surface area contributed by atoms with E-state index < -0.39 is 5.82 Å². The first-order chi connectivity index (χ1) is 20.8. The Kier molecular flexibility index (Phi) is 7.63. The minimum Gasteiger partial charge on any atom is -0.457 e. The number of aromatic nitrogens is 7. The molecule has 0 spiro atoms. The van der Waals surface area contributed by atoms with E-state index in [1.54, 1.807) is 48.1 Å². The average Bonchev–Trinajstić information content (AvgIpc) is 3.47. The van der Waals surface area contributed by atoms with Gasteiger partial charge in [-0.3, -0.25) is 4.79 Å². The molecule has 1 aliphatic heterocycles. The molecule has 0 unspecified atom stereocenters. The molecule has 5 heterocycles. The zero-order chi connectivity index (χ0) is 30.1. The Morgan fingerprint density at radius 3 is 2.84 bits per heavy atom. The lowest BCUT2D eigenvalue weighted by molar-refractivity contribution is -0.132. The van der Waals surface area contributed by atoms with E-state index in [-0.39, 0.29) is 17.6 Å². The minimum atomic E-state index is -0.482. The van der Waals surface area contributed by atoms with Crippen molar-refractivity contribution in [3.8, 4) is 11.5 Å². The van der Waals surface area contributed by atoms with E-state index in [4.69, 9.17) is 9.72 Å². The highest BCUT2D eigenvalue weighted by molar-refractivity contribution is 5.87. The molecule has 13 heteroatoms. The van der Waals surface area contributed by atoms with Gasteiger partial charge >= 0.3 is 0 Å². The number of nitrogens with zero attached hydrogens (tertiary/aromatic N) is 9. The number of carbonyl (C=O) groups is 1. The van der Waals surface area contributed by atoms with Crippen LogP contribution in [-0.2, 0) is 4.79 Å². The van der Waals surface area contributed by atoms with Crippen molar-refractivity contribution < 1.29 is 13.9 Å². The van der Waals surface area contributed by atoms with E-state index in [2.05, 4.69) is 30.4 Å². The van der Waals surface area contributed by atoms with Crippen molar-refractivity contribution in [1.29, 1.82) is 0 Å². The average molecular weight is 583 g/mol. The summed E-state index contributed by atoms with van der Waals surface area (Å²) in [6.07, 6.45) is 9.32. The number of nitrogens with one attached hydrogen (secondary N) is 1. The summed E-state index contributed by atoms with van der Waals surface area (Å²) in [6.45, 7) is 4.94. The first-order valence-corrected chi connectivity index (χ1v) is 13.9. The van der Waals surface area contributed by atoms with E-state index in [0.717, 1.165) is 5.57 Å². The standard InChI is InChI=1S/C30H31FN10O2/c1-18-13-20(7-11-40(18)26(42)9-10-39(3)4)29-32-15-23-28(38-29)30(35-16-33-23)37-22-5-6-24(19(2)27(22)31)43-21-8-12-41-25(14-21)34-17-36-41/h5-6,8,12-18H,7,9-11H2,1-4H3,(H,33,35,37)/t18-/m0/s1. The van der Waals surface area contributed by atoms with Crippen LogP contribution >= 0.6 is 0 Å². The fraction of sp³-hybridized carbons (Fsp3) is 0.300. The van der Waals surface area contributed by atoms with Crippen molar-refractivity contribution in [1.82, 2.24) is 44.3 Å². The summed E-state index contributed by atoms with van der Waals surface area (Å²) in [4.78, 5) is 38.7. The van der Waals surface area contributed by atoms with Gasteiger partial charge in [0.25, 0.3) is 0 Å². The van der Waals surface area contributed by atoms with Crippen molar-refractivity contribution in [3.63, 3.8) is 0 Å². The van der Waals surface area contributed by atoms with E-state index in [0.29, 0.717) is 71.3 Å². The highest BCUT2D eigenvalue weighted by atomic mass is 19.1. The van der Waals surface area contributed by atoms with Crippen LogP contribution in [-0.4, -0.2) is 83.5 Å². The molecular formula is C30H31FN10O2. The van der Waals surface area contributed by atoms with Gasteiger partial charge in [0, 0.05) is 43.4 Å². The summed E-state index contributed by atoms with van der Waals surface area (Å²) in [7, 11) is 3.91. The quantitative estimate of drug-likeness (QED) is 0.281. The molecule has 1 aromatic carbocycles. The first-order valence-electron chi connectivity index (χ1n) is 13.9. The van der Waals surface area contributed by atoms with Gasteiger partial charge in [0.1, 0.15) is 35.2 Å². The molecule has 1 N–H and O–H groups in total. The van der Waals surface area contributed by atoms with Gasteiger partial charge in [-0.1, -0.05) is 6.08 Å². The summed E-state index contributed by atoms with van der Waals surface area (Å²) in [5, 5.41) is 7.15. The number of hydrogen-bond acceptors (Lipinski definition) is 10. The van der Waals surface area contributed by atoms with Gasteiger partial charge < -0.3 is 19.9 Å².